The van der Waals surface area contributed by atoms with Crippen LogP contribution >= 0.6 is 0 Å². The molecular weight excluding hydrogens is 268 g/mol. The van der Waals surface area contributed by atoms with Crippen molar-refractivity contribution in [3.05, 3.63) is 35.6 Å². The van der Waals surface area contributed by atoms with Gasteiger partial charge in [0.05, 0.1) is 5.70 Å². The third-order valence-electron chi connectivity index (χ3n) is 3.98. The SMILES string of the molecule is CCN1CCCC(NC2=CC(=O)c3nccnc3C2=O)C1. The molecule has 1 N–H and O–H groups in total. The van der Waals surface area contributed by atoms with Gasteiger partial charge in [0.25, 0.3) is 0 Å². The molecule has 1 aliphatic carbocycles. The van der Waals surface area contributed by atoms with E-state index in [2.05, 4.69) is 27.1 Å². The summed E-state index contributed by atoms with van der Waals surface area (Å²) < 4.78 is 0. The summed E-state index contributed by atoms with van der Waals surface area (Å²) in [7, 11) is 0. The van der Waals surface area contributed by atoms with Crippen molar-refractivity contribution in [2.45, 2.75) is 25.8 Å². The van der Waals surface area contributed by atoms with Crippen LogP contribution in [0, 0.1) is 0 Å². The van der Waals surface area contributed by atoms with Gasteiger partial charge in [-0.25, -0.2) is 9.97 Å². The van der Waals surface area contributed by atoms with Gasteiger partial charge in [0.1, 0.15) is 11.4 Å². The van der Waals surface area contributed by atoms with Crippen molar-refractivity contribution in [2.24, 2.45) is 0 Å². The predicted octanol–water partition coefficient (Wildman–Crippen LogP) is 0.813. The van der Waals surface area contributed by atoms with Gasteiger partial charge in [-0.2, -0.15) is 0 Å². The summed E-state index contributed by atoms with van der Waals surface area (Å²) in [4.78, 5) is 34.7. The molecule has 21 heavy (non-hydrogen) atoms. The number of fused-ring (bicyclic) bond motifs is 1. The van der Waals surface area contributed by atoms with Gasteiger partial charge in [0.15, 0.2) is 0 Å². The maximum atomic E-state index is 12.4. The third-order valence-corrected chi connectivity index (χ3v) is 3.98. The Bertz CT molecular complexity index is 611. The summed E-state index contributed by atoms with van der Waals surface area (Å²) in [5.74, 6) is -0.505. The minimum absolute atomic E-state index is 0.145. The average Bonchev–Trinajstić information content (AvgIpc) is 2.52. The van der Waals surface area contributed by atoms with Crippen LogP contribution in [0.5, 0.6) is 0 Å². The van der Waals surface area contributed by atoms with E-state index in [1.54, 1.807) is 0 Å². The lowest BCUT2D eigenvalue weighted by molar-refractivity contribution is 0.0964. The van der Waals surface area contributed by atoms with E-state index >= 15 is 0 Å². The molecule has 1 unspecified atom stereocenters. The summed E-state index contributed by atoms with van der Waals surface area (Å²) in [6, 6.07) is 0.194. The van der Waals surface area contributed by atoms with Gasteiger partial charge < -0.3 is 10.2 Å². The molecule has 6 nitrogen and oxygen atoms in total. The topological polar surface area (TPSA) is 75.2 Å². The molecule has 0 spiro atoms. The first kappa shape index (κ1) is 13.9. The first-order valence-electron chi connectivity index (χ1n) is 7.29. The number of hydrogen-bond acceptors (Lipinski definition) is 6. The van der Waals surface area contributed by atoms with E-state index in [0.29, 0.717) is 5.70 Å². The van der Waals surface area contributed by atoms with Crippen LogP contribution in [0.15, 0.2) is 24.2 Å². The van der Waals surface area contributed by atoms with Gasteiger partial charge in [0, 0.05) is 31.1 Å². The largest absolute Gasteiger partial charge is 0.378 e. The Balaban J connectivity index is 1.78. The van der Waals surface area contributed by atoms with Gasteiger partial charge in [-0.1, -0.05) is 6.92 Å². The van der Waals surface area contributed by atoms with Gasteiger partial charge in [-0.3, -0.25) is 9.59 Å². The van der Waals surface area contributed by atoms with Crippen LogP contribution in [0.2, 0.25) is 0 Å². The van der Waals surface area contributed by atoms with Gasteiger partial charge in [0.2, 0.25) is 11.6 Å². The number of hydrogen-bond donors (Lipinski definition) is 1. The molecule has 0 amide bonds. The molecule has 0 bridgehead atoms. The van der Waals surface area contributed by atoms with E-state index in [-0.39, 0.29) is 29.0 Å². The smallest absolute Gasteiger partial charge is 0.229 e. The number of piperidine rings is 1. The molecule has 0 saturated carbocycles. The molecule has 1 fully saturated rings. The number of carbonyl (C=O) groups is 2. The quantitative estimate of drug-likeness (QED) is 0.886. The summed E-state index contributed by atoms with van der Waals surface area (Å²) >= 11 is 0. The summed E-state index contributed by atoms with van der Waals surface area (Å²) in [5.41, 5.74) is 0.637. The Morgan fingerprint density at radius 1 is 1.29 bits per heavy atom. The van der Waals surface area contributed by atoms with Crippen LogP contribution in [-0.4, -0.2) is 52.1 Å². The molecule has 0 aromatic carbocycles. The maximum Gasteiger partial charge on any atom is 0.229 e. The van der Waals surface area contributed by atoms with Crippen LogP contribution in [-0.2, 0) is 0 Å². The fourth-order valence-corrected chi connectivity index (χ4v) is 2.86. The molecule has 0 radical (unpaired) electrons. The van der Waals surface area contributed by atoms with E-state index < -0.39 is 0 Å². The standard InChI is InChI=1S/C15H18N4O2/c1-2-19-7-3-4-10(9-19)18-11-8-12(20)13-14(15(11)21)17-6-5-16-13/h5-6,8,10,18H,2-4,7,9H2,1H3. The molecule has 1 saturated heterocycles. The lowest BCUT2D eigenvalue weighted by atomic mass is 9.99. The molecule has 2 aliphatic rings. The van der Waals surface area contributed by atoms with E-state index in [9.17, 15) is 9.59 Å². The van der Waals surface area contributed by atoms with Crippen LogP contribution in [0.1, 0.15) is 40.7 Å². The predicted molar refractivity (Wildman–Crippen MR) is 77.0 cm³/mol. The summed E-state index contributed by atoms with van der Waals surface area (Å²) in [5, 5.41) is 3.22. The van der Waals surface area contributed by atoms with Gasteiger partial charge in [-0.15, -0.1) is 0 Å². The zero-order valence-corrected chi connectivity index (χ0v) is 12.0. The number of nitrogens with one attached hydrogen (secondary N) is 1. The van der Waals surface area contributed by atoms with Crippen LogP contribution in [0.25, 0.3) is 0 Å². The maximum absolute atomic E-state index is 12.4. The number of likely N-dealkylation sites (tertiary alicyclic amines) is 1. The Hall–Kier alpha value is -2.08. The minimum atomic E-state index is -0.261. The van der Waals surface area contributed by atoms with Crippen molar-refractivity contribution < 1.29 is 9.59 Å². The Kier molecular flexibility index (Phi) is 3.79. The van der Waals surface area contributed by atoms with Crippen LogP contribution in [0.3, 0.4) is 0 Å². The zero-order valence-electron chi connectivity index (χ0n) is 12.0. The number of allylic oxidation sites excluding steroid dienone is 2. The lowest BCUT2D eigenvalue weighted by Crippen LogP contribution is -2.46. The van der Waals surface area contributed by atoms with Crippen LogP contribution in [0.4, 0.5) is 0 Å². The highest BCUT2D eigenvalue weighted by molar-refractivity contribution is 6.22. The molecule has 110 valence electrons. The highest BCUT2D eigenvalue weighted by atomic mass is 16.1. The molecule has 1 atom stereocenters. The Labute approximate surface area is 123 Å². The van der Waals surface area contributed by atoms with E-state index in [1.807, 2.05) is 0 Å². The summed E-state index contributed by atoms with van der Waals surface area (Å²) in [6.07, 6.45) is 6.31. The molecule has 2 heterocycles. The van der Waals surface area contributed by atoms with Crippen molar-refractivity contribution in [3.8, 4) is 0 Å². The third kappa shape index (κ3) is 2.71. The Morgan fingerprint density at radius 3 is 2.81 bits per heavy atom. The van der Waals surface area contributed by atoms with Crippen LogP contribution < -0.4 is 5.32 Å². The molecule has 1 aromatic rings. The number of nitrogens with zero attached hydrogens (tertiary/aromatic N) is 3. The van der Waals surface area contributed by atoms with E-state index in [0.717, 1.165) is 32.5 Å². The number of carbonyl (C=O) groups excluding carboxylic acids is 2. The second-order valence-corrected chi connectivity index (χ2v) is 5.38. The second-order valence-electron chi connectivity index (χ2n) is 5.38. The molecule has 3 rings (SSSR count). The number of ketones is 2. The van der Waals surface area contributed by atoms with Crippen molar-refractivity contribution in [3.63, 3.8) is 0 Å². The molecule has 1 aliphatic heterocycles. The number of rotatable bonds is 3. The zero-order chi connectivity index (χ0) is 14.8. The van der Waals surface area contributed by atoms with Gasteiger partial charge in [-0.05, 0) is 25.9 Å². The average molecular weight is 286 g/mol. The number of aromatic nitrogens is 2. The minimum Gasteiger partial charge on any atom is -0.378 e. The highest BCUT2D eigenvalue weighted by Crippen LogP contribution is 2.18. The second kappa shape index (κ2) is 5.73. The van der Waals surface area contributed by atoms with E-state index in [1.165, 1.54) is 18.5 Å². The summed E-state index contributed by atoms with van der Waals surface area (Å²) in [6.45, 7) is 5.11. The van der Waals surface area contributed by atoms with E-state index in [4.69, 9.17) is 0 Å². The molecule has 6 heteroatoms. The number of likely N-dealkylation sites (N-methyl/N-ethyl adjacent to an activating group) is 1. The first-order chi connectivity index (χ1) is 10.2. The fourth-order valence-electron chi connectivity index (χ4n) is 2.86. The lowest BCUT2D eigenvalue weighted by Gasteiger charge is -2.33. The first-order valence-corrected chi connectivity index (χ1v) is 7.29. The Morgan fingerprint density at radius 2 is 2.05 bits per heavy atom. The highest BCUT2D eigenvalue weighted by Gasteiger charge is 2.30. The van der Waals surface area contributed by atoms with Crippen molar-refractivity contribution in [1.29, 1.82) is 0 Å². The number of Topliss-reactive ketones (excluding diaryl/α,β-unsaturated/α-hetero) is 1. The van der Waals surface area contributed by atoms with Crippen molar-refractivity contribution in [2.75, 3.05) is 19.6 Å². The monoisotopic (exact) mass is 286 g/mol. The van der Waals surface area contributed by atoms with Crippen molar-refractivity contribution >= 4 is 11.6 Å². The van der Waals surface area contributed by atoms with Crippen molar-refractivity contribution in [1.82, 2.24) is 20.2 Å². The normalized spacial score (nSPS) is 22.7. The fraction of sp³-hybridized carbons (Fsp3) is 0.467. The molecule has 1 aromatic heterocycles. The molecular formula is C15H18N4O2. The van der Waals surface area contributed by atoms with Gasteiger partial charge >= 0.3 is 0 Å².